The van der Waals surface area contributed by atoms with Crippen LogP contribution in [0.5, 0.6) is 0 Å². The average Bonchev–Trinajstić information content (AvgIpc) is 3.45. The molecule has 3 aromatic rings. The lowest BCUT2D eigenvalue weighted by atomic mass is 9.72. The first-order chi connectivity index (χ1) is 15.4. The lowest BCUT2D eigenvalue weighted by Gasteiger charge is -2.36. The minimum absolute atomic E-state index is 0.173. The Bertz CT molecular complexity index is 1120. The number of H-pyrrole nitrogens is 1. The van der Waals surface area contributed by atoms with E-state index >= 15 is 0 Å². The maximum absolute atomic E-state index is 6.45. The Kier molecular flexibility index (Phi) is 5.51. The van der Waals surface area contributed by atoms with Crippen molar-refractivity contribution in [3.8, 4) is 22.5 Å². The predicted octanol–water partition coefficient (Wildman–Crippen LogP) is 4.75. The Labute approximate surface area is 192 Å². The van der Waals surface area contributed by atoms with Crippen LogP contribution in [0.1, 0.15) is 50.1 Å². The molecule has 1 aromatic carbocycles. The fourth-order valence-electron chi connectivity index (χ4n) is 5.17. The second-order valence-corrected chi connectivity index (χ2v) is 10.0. The normalized spacial score (nSPS) is 22.1. The van der Waals surface area contributed by atoms with Crippen molar-refractivity contribution in [2.24, 2.45) is 5.41 Å². The minimum atomic E-state index is -0.639. The third kappa shape index (κ3) is 3.72. The molecule has 1 aliphatic heterocycles. The summed E-state index contributed by atoms with van der Waals surface area (Å²) in [7, 11) is 1.70. The minimum Gasteiger partial charge on any atom is -0.381 e. The molecule has 5 rings (SSSR count). The van der Waals surface area contributed by atoms with Gasteiger partial charge in [0.2, 0.25) is 5.82 Å². The summed E-state index contributed by atoms with van der Waals surface area (Å²) < 4.78 is 12.0. The third-order valence-corrected chi connectivity index (χ3v) is 6.91. The number of nitrogens with zero attached hydrogens (tertiary/aromatic N) is 4. The first kappa shape index (κ1) is 21.5. The molecule has 0 radical (unpaired) electrons. The first-order valence-corrected chi connectivity index (χ1v) is 11.5. The van der Waals surface area contributed by atoms with E-state index in [-0.39, 0.29) is 5.41 Å². The number of hydrogen-bond donors (Lipinski definition) is 1. The van der Waals surface area contributed by atoms with Crippen LogP contribution in [0.15, 0.2) is 24.3 Å². The van der Waals surface area contributed by atoms with E-state index in [1.807, 2.05) is 18.2 Å². The van der Waals surface area contributed by atoms with Crippen LogP contribution in [0.2, 0.25) is 5.02 Å². The average molecular weight is 454 g/mol. The number of ether oxygens (including phenoxy) is 2. The van der Waals surface area contributed by atoms with Crippen molar-refractivity contribution in [2.45, 2.75) is 51.6 Å². The molecular weight excluding hydrogens is 426 g/mol. The van der Waals surface area contributed by atoms with Gasteiger partial charge >= 0.3 is 0 Å². The molecule has 1 saturated heterocycles. The number of benzene rings is 1. The van der Waals surface area contributed by atoms with Gasteiger partial charge in [0, 0.05) is 24.4 Å². The summed E-state index contributed by atoms with van der Waals surface area (Å²) in [4.78, 5) is 5.26. The fraction of sp³-hybridized carbons (Fsp3) is 0.500. The summed E-state index contributed by atoms with van der Waals surface area (Å²) >= 11 is 6.45. The summed E-state index contributed by atoms with van der Waals surface area (Å²) in [6.07, 6.45) is 4.70. The third-order valence-electron chi connectivity index (χ3n) is 6.67. The van der Waals surface area contributed by atoms with Gasteiger partial charge in [0.15, 0.2) is 0 Å². The van der Waals surface area contributed by atoms with E-state index in [0.29, 0.717) is 24.1 Å². The lowest BCUT2D eigenvalue weighted by molar-refractivity contribution is -0.0586. The molecule has 1 N–H and O–H groups in total. The van der Waals surface area contributed by atoms with Crippen molar-refractivity contribution in [3.05, 3.63) is 46.2 Å². The number of pyridine rings is 1. The van der Waals surface area contributed by atoms with Crippen LogP contribution in [0.25, 0.3) is 22.5 Å². The second-order valence-electron chi connectivity index (χ2n) is 9.60. The van der Waals surface area contributed by atoms with E-state index in [4.69, 9.17) is 26.1 Å². The molecule has 2 aromatic heterocycles. The Morgan fingerprint density at radius 1 is 1.22 bits per heavy atom. The molecule has 0 amide bonds. The number of aromatic amines is 1. The van der Waals surface area contributed by atoms with Crippen molar-refractivity contribution in [3.63, 3.8) is 0 Å². The number of fused-ring (bicyclic) bond motifs is 1. The van der Waals surface area contributed by atoms with E-state index in [9.17, 15) is 0 Å². The second kappa shape index (κ2) is 8.21. The van der Waals surface area contributed by atoms with Gasteiger partial charge in [-0.3, -0.25) is 4.98 Å². The zero-order chi connectivity index (χ0) is 22.3. The topological polar surface area (TPSA) is 85.8 Å². The highest BCUT2D eigenvalue weighted by molar-refractivity contribution is 6.30. The Morgan fingerprint density at radius 2 is 2.09 bits per heavy atom. The number of methoxy groups -OCH3 is 1. The standard InChI is InChI=1S/C24H28ClN5O2/c1-23(2)10-8-18-17(13-23)19(15-6-4-7-16(25)12-15)20(22-27-29-30-28-22)21(26-18)24(14-31-3)9-5-11-32-24/h4,6-7,12H,5,8-11,13-14H2,1-3H3,(H,27,28,29,30)/t24-/m1/s1. The molecule has 168 valence electrons. The number of tetrazole rings is 1. The lowest BCUT2D eigenvalue weighted by Crippen LogP contribution is -2.34. The quantitative estimate of drug-likeness (QED) is 0.600. The van der Waals surface area contributed by atoms with Gasteiger partial charge in [0.25, 0.3) is 0 Å². The maximum atomic E-state index is 6.45. The van der Waals surface area contributed by atoms with Gasteiger partial charge in [-0.25, -0.2) is 0 Å². The number of nitrogens with one attached hydrogen (secondary N) is 1. The predicted molar refractivity (Wildman–Crippen MR) is 122 cm³/mol. The molecule has 1 atom stereocenters. The highest BCUT2D eigenvalue weighted by atomic mass is 35.5. The summed E-state index contributed by atoms with van der Waals surface area (Å²) in [6, 6.07) is 7.97. The van der Waals surface area contributed by atoms with Gasteiger partial charge in [-0.1, -0.05) is 37.6 Å². The Hall–Kier alpha value is -2.35. The molecule has 1 fully saturated rings. The van der Waals surface area contributed by atoms with Gasteiger partial charge in [-0.05, 0) is 71.6 Å². The van der Waals surface area contributed by atoms with Gasteiger partial charge in [0.05, 0.1) is 17.9 Å². The van der Waals surface area contributed by atoms with Gasteiger partial charge in [0.1, 0.15) is 5.60 Å². The zero-order valence-corrected chi connectivity index (χ0v) is 19.5. The number of halogens is 1. The van der Waals surface area contributed by atoms with Crippen LogP contribution in [-0.4, -0.2) is 45.9 Å². The smallest absolute Gasteiger partial charge is 0.207 e. The zero-order valence-electron chi connectivity index (χ0n) is 18.7. The largest absolute Gasteiger partial charge is 0.381 e. The van der Waals surface area contributed by atoms with Crippen molar-refractivity contribution in [1.82, 2.24) is 25.6 Å². The highest BCUT2D eigenvalue weighted by Crippen LogP contribution is 2.48. The number of rotatable bonds is 5. The molecule has 3 heterocycles. The van der Waals surface area contributed by atoms with Crippen LogP contribution in [-0.2, 0) is 27.9 Å². The Balaban J connectivity index is 1.87. The summed E-state index contributed by atoms with van der Waals surface area (Å²) in [5.41, 5.74) is 5.69. The van der Waals surface area contributed by atoms with Crippen LogP contribution in [0.3, 0.4) is 0 Å². The summed E-state index contributed by atoms with van der Waals surface area (Å²) in [5, 5.41) is 15.9. The Morgan fingerprint density at radius 3 is 2.78 bits per heavy atom. The molecular formula is C24H28ClN5O2. The molecule has 0 bridgehead atoms. The van der Waals surface area contributed by atoms with Gasteiger partial charge < -0.3 is 9.47 Å². The molecule has 2 aliphatic rings. The van der Waals surface area contributed by atoms with E-state index in [1.54, 1.807) is 7.11 Å². The molecule has 7 nitrogen and oxygen atoms in total. The monoisotopic (exact) mass is 453 g/mol. The number of hydrogen-bond acceptors (Lipinski definition) is 6. The SMILES string of the molecule is COC[C@@]1(c2nc3c(c(-c4cccc(Cl)c4)c2-c2nn[nH]n2)CC(C)(C)CC3)CCCO1. The van der Waals surface area contributed by atoms with E-state index in [2.05, 4.69) is 40.5 Å². The molecule has 0 saturated carbocycles. The molecule has 1 aliphatic carbocycles. The van der Waals surface area contributed by atoms with E-state index in [0.717, 1.165) is 60.2 Å². The van der Waals surface area contributed by atoms with Crippen LogP contribution >= 0.6 is 11.6 Å². The summed E-state index contributed by atoms with van der Waals surface area (Å²) in [6.45, 7) is 5.72. The molecule has 8 heteroatoms. The molecule has 0 spiro atoms. The highest BCUT2D eigenvalue weighted by Gasteiger charge is 2.44. The molecule has 32 heavy (non-hydrogen) atoms. The summed E-state index contributed by atoms with van der Waals surface area (Å²) in [5.74, 6) is 0.514. The number of aromatic nitrogens is 5. The van der Waals surface area contributed by atoms with Crippen molar-refractivity contribution in [1.29, 1.82) is 0 Å². The fourth-order valence-corrected chi connectivity index (χ4v) is 5.36. The van der Waals surface area contributed by atoms with Crippen LogP contribution in [0.4, 0.5) is 0 Å². The van der Waals surface area contributed by atoms with E-state index in [1.165, 1.54) is 5.56 Å². The van der Waals surface area contributed by atoms with Crippen LogP contribution in [0, 0.1) is 5.41 Å². The van der Waals surface area contributed by atoms with Crippen molar-refractivity contribution < 1.29 is 9.47 Å². The van der Waals surface area contributed by atoms with Crippen molar-refractivity contribution >= 4 is 11.6 Å². The van der Waals surface area contributed by atoms with Crippen LogP contribution < -0.4 is 0 Å². The van der Waals surface area contributed by atoms with Crippen molar-refractivity contribution in [2.75, 3.05) is 20.3 Å². The first-order valence-electron chi connectivity index (χ1n) is 11.1. The van der Waals surface area contributed by atoms with E-state index < -0.39 is 5.60 Å². The van der Waals surface area contributed by atoms with Gasteiger partial charge in [-0.15, -0.1) is 10.2 Å². The van der Waals surface area contributed by atoms with Gasteiger partial charge in [-0.2, -0.15) is 5.21 Å². The molecule has 0 unspecified atom stereocenters. The maximum Gasteiger partial charge on any atom is 0.207 e. The number of aryl methyl sites for hydroxylation is 1.